The van der Waals surface area contributed by atoms with Crippen LogP contribution in [0.2, 0.25) is 0 Å². The molecule has 1 aliphatic heterocycles. The highest BCUT2D eigenvalue weighted by Gasteiger charge is 2.36. The lowest BCUT2D eigenvalue weighted by atomic mass is 9.92. The van der Waals surface area contributed by atoms with Crippen molar-refractivity contribution in [3.63, 3.8) is 0 Å². The average molecular weight is 561 g/mol. The van der Waals surface area contributed by atoms with Crippen LogP contribution < -0.4 is 15.5 Å². The van der Waals surface area contributed by atoms with Crippen LogP contribution in [0.5, 0.6) is 0 Å². The Morgan fingerprint density at radius 1 is 1.10 bits per heavy atom. The Labute approximate surface area is 238 Å². The zero-order chi connectivity index (χ0) is 28.6. The van der Waals surface area contributed by atoms with E-state index in [1.54, 1.807) is 23.3 Å². The van der Waals surface area contributed by atoms with Gasteiger partial charge in [-0.3, -0.25) is 9.48 Å². The van der Waals surface area contributed by atoms with Crippen LogP contribution in [0.3, 0.4) is 0 Å². The maximum atomic E-state index is 13.6. The van der Waals surface area contributed by atoms with E-state index in [0.29, 0.717) is 41.6 Å². The van der Waals surface area contributed by atoms with Crippen LogP contribution in [0, 0.1) is 11.3 Å². The third kappa shape index (κ3) is 6.01. The van der Waals surface area contributed by atoms with Gasteiger partial charge in [0.1, 0.15) is 11.9 Å². The Morgan fingerprint density at radius 3 is 2.56 bits per heavy atom. The van der Waals surface area contributed by atoms with E-state index < -0.39 is 5.92 Å². The highest BCUT2D eigenvalue weighted by molar-refractivity contribution is 5.94. The molecule has 6 rings (SSSR count). The van der Waals surface area contributed by atoms with Crippen LogP contribution in [0.4, 0.5) is 26.1 Å². The predicted octanol–water partition coefficient (Wildman–Crippen LogP) is 5.70. The monoisotopic (exact) mass is 560 g/mol. The van der Waals surface area contributed by atoms with E-state index in [9.17, 15) is 18.8 Å². The van der Waals surface area contributed by atoms with Crippen LogP contribution in [0.25, 0.3) is 0 Å². The molecule has 41 heavy (non-hydrogen) atoms. The highest BCUT2D eigenvalue weighted by atomic mass is 19.3. The van der Waals surface area contributed by atoms with Gasteiger partial charge in [-0.1, -0.05) is 12.1 Å². The maximum absolute atomic E-state index is 13.6. The molecule has 1 saturated heterocycles. The smallest absolute Gasteiger partial charge is 0.251 e. The van der Waals surface area contributed by atoms with E-state index in [2.05, 4.69) is 50.7 Å². The van der Waals surface area contributed by atoms with Gasteiger partial charge in [0, 0.05) is 43.2 Å². The number of halogens is 2. The minimum absolute atomic E-state index is 0.0410. The number of rotatable bonds is 7. The van der Waals surface area contributed by atoms with Crippen molar-refractivity contribution in [1.82, 2.24) is 25.1 Å². The van der Waals surface area contributed by atoms with Crippen LogP contribution in [-0.2, 0) is 0 Å². The lowest BCUT2D eigenvalue weighted by Gasteiger charge is -2.40. The molecule has 3 aliphatic rings. The van der Waals surface area contributed by atoms with Gasteiger partial charge in [0.05, 0.1) is 24.1 Å². The molecule has 2 atom stereocenters. The molecule has 9 nitrogen and oxygen atoms in total. The SMILES string of the molecule is C[C@@H]1[C@H](NC(=O)c2ccc(C3CC3)cc2)CCCN1c1cnc(C#N)c(Nc2cnn(C3CCC(F)(F)CC3)c2)n1. The summed E-state index contributed by atoms with van der Waals surface area (Å²) in [5.74, 6) is -1.13. The van der Waals surface area contributed by atoms with Crippen molar-refractivity contribution >= 4 is 23.2 Å². The standard InChI is InChI=1S/C30H34F2N8O/c1-19-25(37-29(41)22-8-6-21(7-9-22)20-4-5-20)3-2-14-39(19)27-17-34-26(15-33)28(38-27)36-23-16-35-40(18-23)24-10-12-30(31,32)13-11-24/h6-9,16-20,24-25H,2-5,10-14H2,1H3,(H,36,38)(H,37,41)/t19-,25-/m1/s1. The van der Waals surface area contributed by atoms with Crippen molar-refractivity contribution in [2.24, 2.45) is 0 Å². The summed E-state index contributed by atoms with van der Waals surface area (Å²) >= 11 is 0. The van der Waals surface area contributed by atoms with Crippen LogP contribution in [-0.4, -0.2) is 50.2 Å². The molecule has 3 heterocycles. The number of alkyl halides is 2. The van der Waals surface area contributed by atoms with Crippen molar-refractivity contribution in [1.29, 1.82) is 5.26 Å². The Hall–Kier alpha value is -4.07. The summed E-state index contributed by atoms with van der Waals surface area (Å²) in [5, 5.41) is 20.4. The fraction of sp³-hybridized carbons (Fsp3) is 0.500. The minimum Gasteiger partial charge on any atom is -0.351 e. The lowest BCUT2D eigenvalue weighted by Crippen LogP contribution is -2.54. The zero-order valence-electron chi connectivity index (χ0n) is 23.1. The first-order chi connectivity index (χ1) is 19.8. The first-order valence-electron chi connectivity index (χ1n) is 14.4. The summed E-state index contributed by atoms with van der Waals surface area (Å²) in [4.78, 5) is 24.2. The molecule has 2 saturated carbocycles. The maximum Gasteiger partial charge on any atom is 0.251 e. The Morgan fingerprint density at radius 2 is 1.85 bits per heavy atom. The van der Waals surface area contributed by atoms with Gasteiger partial charge in [-0.15, -0.1) is 0 Å². The number of hydrogen-bond donors (Lipinski definition) is 2. The Bertz CT molecular complexity index is 1440. The first kappa shape index (κ1) is 27.1. The summed E-state index contributed by atoms with van der Waals surface area (Å²) in [7, 11) is 0. The molecule has 214 valence electrons. The first-order valence-corrected chi connectivity index (χ1v) is 14.4. The molecule has 0 bridgehead atoms. The second-order valence-electron chi connectivity index (χ2n) is 11.5. The number of nitrogens with zero attached hydrogens (tertiary/aromatic N) is 6. The molecular weight excluding hydrogens is 526 g/mol. The topological polar surface area (TPSA) is 112 Å². The van der Waals surface area contributed by atoms with E-state index in [1.807, 2.05) is 12.1 Å². The van der Waals surface area contributed by atoms with Gasteiger partial charge in [-0.2, -0.15) is 10.4 Å². The number of carbonyl (C=O) groups is 1. The fourth-order valence-corrected chi connectivity index (χ4v) is 5.95. The van der Waals surface area contributed by atoms with Crippen LogP contribution in [0.1, 0.15) is 91.9 Å². The summed E-state index contributed by atoms with van der Waals surface area (Å²) in [5.41, 5.74) is 2.71. The number of amides is 1. The molecular formula is C30H34F2N8O. The molecule has 2 N–H and O–H groups in total. The summed E-state index contributed by atoms with van der Waals surface area (Å²) in [6.07, 6.45) is 9.57. The normalized spacial score (nSPS) is 22.6. The van der Waals surface area contributed by atoms with Crippen molar-refractivity contribution < 1.29 is 13.6 Å². The second-order valence-corrected chi connectivity index (χ2v) is 11.5. The number of nitrogens with one attached hydrogen (secondary N) is 2. The Balaban J connectivity index is 1.13. The third-order valence-corrected chi connectivity index (χ3v) is 8.61. The zero-order valence-corrected chi connectivity index (χ0v) is 23.1. The van der Waals surface area contributed by atoms with Gasteiger partial charge in [0.25, 0.3) is 5.91 Å². The molecule has 0 radical (unpaired) electrons. The van der Waals surface area contributed by atoms with E-state index >= 15 is 0 Å². The van der Waals surface area contributed by atoms with Gasteiger partial charge >= 0.3 is 0 Å². The van der Waals surface area contributed by atoms with Crippen molar-refractivity contribution in [2.45, 2.75) is 88.3 Å². The van der Waals surface area contributed by atoms with Gasteiger partial charge < -0.3 is 15.5 Å². The molecule has 11 heteroatoms. The van der Waals surface area contributed by atoms with Crippen molar-refractivity contribution in [3.8, 4) is 6.07 Å². The van der Waals surface area contributed by atoms with E-state index in [0.717, 1.165) is 19.4 Å². The van der Waals surface area contributed by atoms with Gasteiger partial charge in [0.15, 0.2) is 11.5 Å². The third-order valence-electron chi connectivity index (χ3n) is 8.61. The van der Waals surface area contributed by atoms with E-state index in [1.165, 1.54) is 18.4 Å². The highest BCUT2D eigenvalue weighted by Crippen LogP contribution is 2.40. The largest absolute Gasteiger partial charge is 0.351 e. The van der Waals surface area contributed by atoms with Crippen molar-refractivity contribution in [2.75, 3.05) is 16.8 Å². The summed E-state index contributed by atoms with van der Waals surface area (Å²) in [6, 6.07) is 9.81. The molecule has 2 aromatic heterocycles. The summed E-state index contributed by atoms with van der Waals surface area (Å²) < 4.78 is 28.9. The number of nitriles is 1. The van der Waals surface area contributed by atoms with Gasteiger partial charge in [-0.05, 0) is 69.1 Å². The second kappa shape index (κ2) is 11.1. The molecule has 1 amide bonds. The number of carbonyl (C=O) groups excluding carboxylic acids is 1. The lowest BCUT2D eigenvalue weighted by molar-refractivity contribution is -0.0449. The Kier molecular flexibility index (Phi) is 7.32. The van der Waals surface area contributed by atoms with Gasteiger partial charge in [0.2, 0.25) is 5.92 Å². The molecule has 2 aliphatic carbocycles. The summed E-state index contributed by atoms with van der Waals surface area (Å²) in [6.45, 7) is 2.80. The van der Waals surface area contributed by atoms with Crippen LogP contribution >= 0.6 is 0 Å². The number of benzene rings is 1. The number of piperidine rings is 1. The van der Waals surface area contributed by atoms with E-state index in [4.69, 9.17) is 4.98 Å². The molecule has 1 aromatic carbocycles. The fourth-order valence-electron chi connectivity index (χ4n) is 5.95. The molecule has 3 fully saturated rings. The number of aromatic nitrogens is 4. The quantitative estimate of drug-likeness (QED) is 0.381. The number of hydrogen-bond acceptors (Lipinski definition) is 7. The van der Waals surface area contributed by atoms with E-state index in [-0.39, 0.29) is 42.6 Å². The molecule has 0 spiro atoms. The molecule has 3 aromatic rings. The van der Waals surface area contributed by atoms with Crippen molar-refractivity contribution in [3.05, 3.63) is 59.7 Å². The molecule has 0 unspecified atom stereocenters. The number of anilines is 3. The van der Waals surface area contributed by atoms with Gasteiger partial charge in [-0.25, -0.2) is 18.7 Å². The predicted molar refractivity (Wildman–Crippen MR) is 150 cm³/mol. The van der Waals surface area contributed by atoms with Crippen LogP contribution in [0.15, 0.2) is 42.9 Å². The minimum atomic E-state index is -2.60. The average Bonchev–Trinajstić information content (AvgIpc) is 3.73.